The van der Waals surface area contributed by atoms with Crippen LogP contribution >= 0.6 is 0 Å². The zero-order valence-electron chi connectivity index (χ0n) is 13.9. The summed E-state index contributed by atoms with van der Waals surface area (Å²) >= 11 is 0. The van der Waals surface area contributed by atoms with Gasteiger partial charge in [-0.1, -0.05) is 0 Å². The van der Waals surface area contributed by atoms with Gasteiger partial charge in [-0.05, 0) is 20.4 Å². The van der Waals surface area contributed by atoms with Gasteiger partial charge in [0.2, 0.25) is 5.91 Å². The maximum absolute atomic E-state index is 12.2. The molecule has 1 aliphatic rings. The van der Waals surface area contributed by atoms with Crippen LogP contribution in [0.1, 0.15) is 25.5 Å². The summed E-state index contributed by atoms with van der Waals surface area (Å²) in [4.78, 5) is 27.0. The molecule has 1 aromatic heterocycles. The molecule has 1 aromatic rings. The highest BCUT2D eigenvalue weighted by molar-refractivity contribution is 5.75. The van der Waals surface area contributed by atoms with Crippen molar-refractivity contribution in [3.8, 4) is 0 Å². The Morgan fingerprint density at radius 1 is 1.32 bits per heavy atom. The Bertz CT molecular complexity index is 459. The molecule has 6 nitrogen and oxygen atoms in total. The van der Waals surface area contributed by atoms with Crippen LogP contribution < -0.4 is 0 Å². The third kappa shape index (κ3) is 5.03. The van der Waals surface area contributed by atoms with Crippen LogP contribution in [0.15, 0.2) is 18.6 Å². The number of hydrogen-bond donors (Lipinski definition) is 0. The van der Waals surface area contributed by atoms with E-state index in [1.54, 1.807) is 23.5 Å². The van der Waals surface area contributed by atoms with Gasteiger partial charge in [0.25, 0.3) is 0 Å². The molecule has 1 atom stereocenters. The van der Waals surface area contributed by atoms with Crippen molar-refractivity contribution in [2.75, 3.05) is 40.3 Å². The summed E-state index contributed by atoms with van der Waals surface area (Å²) in [5.74, 6) is 0.173. The van der Waals surface area contributed by atoms with Crippen molar-refractivity contribution in [3.05, 3.63) is 24.3 Å². The molecular weight excluding hydrogens is 278 g/mol. The molecule has 0 aromatic carbocycles. The van der Waals surface area contributed by atoms with Crippen LogP contribution in [0, 0.1) is 0 Å². The van der Waals surface area contributed by atoms with E-state index in [0.717, 1.165) is 38.3 Å². The van der Waals surface area contributed by atoms with E-state index in [4.69, 9.17) is 0 Å². The topological polar surface area (TPSA) is 52.6 Å². The minimum atomic E-state index is 0.173. The Hall–Kier alpha value is -1.53. The van der Waals surface area contributed by atoms with Gasteiger partial charge in [0.15, 0.2) is 0 Å². The Balaban J connectivity index is 1.72. The highest BCUT2D eigenvalue weighted by Crippen LogP contribution is 2.11. The van der Waals surface area contributed by atoms with Crippen molar-refractivity contribution in [3.63, 3.8) is 0 Å². The number of rotatable bonds is 6. The molecule has 0 spiro atoms. The Morgan fingerprint density at radius 2 is 2.05 bits per heavy atom. The number of hydrogen-bond acceptors (Lipinski definition) is 5. The van der Waals surface area contributed by atoms with E-state index in [2.05, 4.69) is 33.7 Å². The summed E-state index contributed by atoms with van der Waals surface area (Å²) in [6, 6.07) is 0.461. The quantitative estimate of drug-likeness (QED) is 0.780. The Labute approximate surface area is 133 Å². The second kappa shape index (κ2) is 8.19. The lowest BCUT2D eigenvalue weighted by atomic mass is 10.1. The largest absolute Gasteiger partial charge is 0.340 e. The third-order valence-electron chi connectivity index (χ3n) is 4.38. The van der Waals surface area contributed by atoms with Gasteiger partial charge < -0.3 is 9.80 Å². The molecule has 1 aliphatic heterocycles. The van der Waals surface area contributed by atoms with Crippen molar-refractivity contribution in [2.24, 2.45) is 0 Å². The molecule has 0 bridgehead atoms. The molecule has 1 amide bonds. The number of carbonyl (C=O) groups excluding carboxylic acids is 1. The van der Waals surface area contributed by atoms with Crippen LogP contribution in [0.3, 0.4) is 0 Å². The van der Waals surface area contributed by atoms with Crippen LogP contribution in [-0.2, 0) is 11.3 Å². The molecule has 1 fully saturated rings. The first-order valence-corrected chi connectivity index (χ1v) is 7.97. The van der Waals surface area contributed by atoms with Gasteiger partial charge in [0.1, 0.15) is 0 Å². The first kappa shape index (κ1) is 16.8. The number of likely N-dealkylation sites (N-methyl/N-ethyl adjacent to an activating group) is 1. The molecular formula is C16H27N5O. The third-order valence-corrected chi connectivity index (χ3v) is 4.38. The summed E-state index contributed by atoms with van der Waals surface area (Å²) in [6.45, 7) is 7.18. The van der Waals surface area contributed by atoms with Crippen LogP contribution in [0.2, 0.25) is 0 Å². The van der Waals surface area contributed by atoms with Crippen LogP contribution in [-0.4, -0.2) is 76.9 Å². The first-order valence-electron chi connectivity index (χ1n) is 7.97. The average molecular weight is 305 g/mol. The standard InChI is InChI=1S/C16H27N5O/c1-14(21-10-8-19(2)9-11-21)4-5-16(22)20(3)13-15-12-17-6-7-18-15/h6-7,12,14H,4-5,8-11,13H2,1-3H3. The highest BCUT2D eigenvalue weighted by atomic mass is 16.2. The van der Waals surface area contributed by atoms with Gasteiger partial charge in [-0.15, -0.1) is 0 Å². The molecule has 0 radical (unpaired) electrons. The summed E-state index contributed by atoms with van der Waals surface area (Å²) < 4.78 is 0. The first-order chi connectivity index (χ1) is 10.6. The molecule has 1 unspecified atom stereocenters. The van der Waals surface area contributed by atoms with E-state index in [0.29, 0.717) is 19.0 Å². The van der Waals surface area contributed by atoms with E-state index in [-0.39, 0.29) is 5.91 Å². The van der Waals surface area contributed by atoms with Crippen LogP contribution in [0.25, 0.3) is 0 Å². The predicted octanol–water partition coefficient (Wildman–Crippen LogP) is 0.851. The zero-order valence-corrected chi connectivity index (χ0v) is 13.9. The minimum absolute atomic E-state index is 0.173. The van der Waals surface area contributed by atoms with E-state index in [1.807, 2.05) is 7.05 Å². The lowest BCUT2D eigenvalue weighted by Gasteiger charge is -2.36. The Morgan fingerprint density at radius 3 is 2.68 bits per heavy atom. The van der Waals surface area contributed by atoms with Gasteiger partial charge in [-0.3, -0.25) is 19.7 Å². The second-order valence-electron chi connectivity index (χ2n) is 6.17. The molecule has 122 valence electrons. The number of piperazine rings is 1. The fourth-order valence-electron chi connectivity index (χ4n) is 2.71. The normalized spacial score (nSPS) is 18.1. The molecule has 1 saturated heterocycles. The molecule has 2 heterocycles. The molecule has 6 heteroatoms. The smallest absolute Gasteiger partial charge is 0.222 e. The number of carbonyl (C=O) groups is 1. The average Bonchev–Trinajstić information content (AvgIpc) is 2.53. The van der Waals surface area contributed by atoms with Crippen molar-refractivity contribution in [1.29, 1.82) is 0 Å². The van der Waals surface area contributed by atoms with Gasteiger partial charge in [0.05, 0.1) is 18.4 Å². The minimum Gasteiger partial charge on any atom is -0.340 e. The van der Waals surface area contributed by atoms with Crippen molar-refractivity contribution in [2.45, 2.75) is 32.4 Å². The van der Waals surface area contributed by atoms with Gasteiger partial charge in [-0.2, -0.15) is 0 Å². The monoisotopic (exact) mass is 305 g/mol. The lowest BCUT2D eigenvalue weighted by molar-refractivity contribution is -0.130. The maximum Gasteiger partial charge on any atom is 0.222 e. The summed E-state index contributed by atoms with van der Waals surface area (Å²) in [6.07, 6.45) is 6.50. The zero-order chi connectivity index (χ0) is 15.9. The van der Waals surface area contributed by atoms with Crippen molar-refractivity contribution < 1.29 is 4.79 Å². The van der Waals surface area contributed by atoms with E-state index >= 15 is 0 Å². The van der Waals surface area contributed by atoms with Crippen LogP contribution in [0.4, 0.5) is 0 Å². The number of amides is 1. The van der Waals surface area contributed by atoms with Crippen molar-refractivity contribution >= 4 is 5.91 Å². The van der Waals surface area contributed by atoms with E-state index < -0.39 is 0 Å². The van der Waals surface area contributed by atoms with Gasteiger partial charge >= 0.3 is 0 Å². The SMILES string of the molecule is CC(CCC(=O)N(C)Cc1cnccn1)N1CCN(C)CC1. The summed E-state index contributed by atoms with van der Waals surface area (Å²) in [7, 11) is 3.99. The molecule has 22 heavy (non-hydrogen) atoms. The molecule has 0 aliphatic carbocycles. The molecule has 0 saturated carbocycles. The van der Waals surface area contributed by atoms with Gasteiger partial charge in [-0.25, -0.2) is 0 Å². The van der Waals surface area contributed by atoms with E-state index in [9.17, 15) is 4.79 Å². The number of nitrogens with zero attached hydrogens (tertiary/aromatic N) is 5. The summed E-state index contributed by atoms with van der Waals surface area (Å²) in [5, 5.41) is 0. The predicted molar refractivity (Wildman–Crippen MR) is 86.3 cm³/mol. The maximum atomic E-state index is 12.2. The molecule has 2 rings (SSSR count). The Kier molecular flexibility index (Phi) is 6.27. The molecule has 0 N–H and O–H groups in total. The lowest BCUT2D eigenvalue weighted by Crippen LogP contribution is -2.48. The fraction of sp³-hybridized carbons (Fsp3) is 0.688. The summed E-state index contributed by atoms with van der Waals surface area (Å²) in [5.41, 5.74) is 0.825. The fourth-order valence-corrected chi connectivity index (χ4v) is 2.71. The highest BCUT2D eigenvalue weighted by Gasteiger charge is 2.20. The number of aromatic nitrogens is 2. The van der Waals surface area contributed by atoms with E-state index in [1.165, 1.54) is 0 Å². The van der Waals surface area contributed by atoms with Gasteiger partial charge in [0, 0.05) is 58.1 Å². The van der Waals surface area contributed by atoms with Crippen LogP contribution in [0.5, 0.6) is 0 Å². The second-order valence-corrected chi connectivity index (χ2v) is 6.17. The van der Waals surface area contributed by atoms with Crippen molar-refractivity contribution in [1.82, 2.24) is 24.7 Å².